The van der Waals surface area contributed by atoms with Gasteiger partial charge in [0, 0.05) is 10.6 Å². The van der Waals surface area contributed by atoms with Crippen molar-refractivity contribution in [3.63, 3.8) is 0 Å². The van der Waals surface area contributed by atoms with E-state index in [9.17, 15) is 9.90 Å². The fourth-order valence-corrected chi connectivity index (χ4v) is 2.25. The van der Waals surface area contributed by atoms with Crippen LogP contribution in [0.1, 0.15) is 23.6 Å². The maximum atomic E-state index is 11.6. The molecule has 2 aromatic carbocycles. The highest BCUT2D eigenvalue weighted by molar-refractivity contribution is 6.32. The first kappa shape index (κ1) is 16.1. The van der Waals surface area contributed by atoms with E-state index in [0.717, 1.165) is 11.1 Å². The second kappa shape index (κ2) is 7.14. The van der Waals surface area contributed by atoms with Crippen LogP contribution < -0.4 is 4.74 Å². The first-order valence-electron chi connectivity index (χ1n) is 6.96. The van der Waals surface area contributed by atoms with Gasteiger partial charge in [-0.3, -0.25) is 0 Å². The highest BCUT2D eigenvalue weighted by Crippen LogP contribution is 2.27. The molecule has 0 atom stereocenters. The number of benzene rings is 2. The Kier molecular flexibility index (Phi) is 5.23. The summed E-state index contributed by atoms with van der Waals surface area (Å²) in [6.45, 7) is 4.28. The molecule has 0 aliphatic heterocycles. The largest absolute Gasteiger partial charge is 0.493 e. The van der Waals surface area contributed by atoms with Crippen LogP contribution in [-0.2, 0) is 4.79 Å². The topological polar surface area (TPSA) is 46.5 Å². The third-order valence-corrected chi connectivity index (χ3v) is 3.64. The summed E-state index contributed by atoms with van der Waals surface area (Å²) in [4.78, 5) is 11.6. The van der Waals surface area contributed by atoms with Gasteiger partial charge in [-0.2, -0.15) is 0 Å². The Labute approximate surface area is 134 Å². The number of para-hydroxylation sites is 1. The molecule has 0 bridgehead atoms. The molecule has 114 valence electrons. The summed E-state index contributed by atoms with van der Waals surface area (Å²) in [5.41, 5.74) is 2.37. The monoisotopic (exact) mass is 316 g/mol. The van der Waals surface area contributed by atoms with Crippen LogP contribution in [0.5, 0.6) is 5.75 Å². The number of aryl methyl sites for hydroxylation is 1. The van der Waals surface area contributed by atoms with Crippen molar-refractivity contribution in [1.29, 1.82) is 0 Å². The lowest BCUT2D eigenvalue weighted by Crippen LogP contribution is -2.01. The minimum Gasteiger partial charge on any atom is -0.493 e. The van der Waals surface area contributed by atoms with Crippen LogP contribution in [0.4, 0.5) is 0 Å². The molecule has 0 saturated heterocycles. The normalized spacial score (nSPS) is 11.3. The number of carboxylic acids is 1. The van der Waals surface area contributed by atoms with Gasteiger partial charge in [0.15, 0.2) is 0 Å². The van der Waals surface area contributed by atoms with Gasteiger partial charge in [0.05, 0.1) is 12.2 Å². The van der Waals surface area contributed by atoms with E-state index >= 15 is 0 Å². The maximum Gasteiger partial charge on any atom is 0.336 e. The number of hydrogen-bond acceptors (Lipinski definition) is 2. The average Bonchev–Trinajstić information content (AvgIpc) is 2.49. The fourth-order valence-electron chi connectivity index (χ4n) is 2.07. The number of ether oxygens (including phenoxy) is 1. The predicted octanol–water partition coefficient (Wildman–Crippen LogP) is 4.67. The maximum absolute atomic E-state index is 11.6. The number of carbonyl (C=O) groups is 1. The number of hydrogen-bond donors (Lipinski definition) is 1. The summed E-state index contributed by atoms with van der Waals surface area (Å²) < 4.78 is 5.53. The Bertz CT molecular complexity index is 720. The highest BCUT2D eigenvalue weighted by Gasteiger charge is 2.13. The first-order valence-corrected chi connectivity index (χ1v) is 7.34. The van der Waals surface area contributed by atoms with E-state index in [4.69, 9.17) is 16.3 Å². The second-order valence-corrected chi connectivity index (χ2v) is 5.21. The molecule has 0 aliphatic carbocycles. The Morgan fingerprint density at radius 3 is 2.64 bits per heavy atom. The Balaban J connectivity index is 2.52. The molecule has 0 radical (unpaired) electrons. The van der Waals surface area contributed by atoms with Crippen molar-refractivity contribution >= 4 is 29.2 Å². The van der Waals surface area contributed by atoms with Crippen molar-refractivity contribution in [3.05, 3.63) is 64.2 Å². The van der Waals surface area contributed by atoms with Gasteiger partial charge in [-0.05, 0) is 43.2 Å². The quantitative estimate of drug-likeness (QED) is 0.644. The van der Waals surface area contributed by atoms with E-state index in [1.165, 1.54) is 0 Å². The molecule has 0 aliphatic rings. The Morgan fingerprint density at radius 2 is 2.00 bits per heavy atom. The van der Waals surface area contributed by atoms with Crippen LogP contribution in [-0.4, -0.2) is 17.7 Å². The lowest BCUT2D eigenvalue weighted by atomic mass is 10.0. The molecular formula is C18H17ClO3. The van der Waals surface area contributed by atoms with Gasteiger partial charge in [0.25, 0.3) is 0 Å². The van der Waals surface area contributed by atoms with Crippen molar-refractivity contribution in [1.82, 2.24) is 0 Å². The van der Waals surface area contributed by atoms with Crippen LogP contribution in [0.15, 0.2) is 42.5 Å². The molecule has 2 aromatic rings. The fraction of sp³-hybridized carbons (Fsp3) is 0.167. The average molecular weight is 317 g/mol. The summed E-state index contributed by atoms with van der Waals surface area (Å²) in [7, 11) is 0. The van der Waals surface area contributed by atoms with Gasteiger partial charge in [-0.25, -0.2) is 4.79 Å². The summed E-state index contributed by atoms with van der Waals surface area (Å²) in [5.74, 6) is -0.354. The van der Waals surface area contributed by atoms with Crippen LogP contribution in [0.3, 0.4) is 0 Å². The molecule has 0 saturated carbocycles. The molecule has 0 spiro atoms. The molecule has 0 fully saturated rings. The van der Waals surface area contributed by atoms with E-state index in [-0.39, 0.29) is 5.57 Å². The van der Waals surface area contributed by atoms with Crippen LogP contribution in [0, 0.1) is 6.92 Å². The standard InChI is InChI=1S/C18H17ClO3/c1-3-22-17-7-5-4-6-14(17)10-15(18(20)21)13-9-8-12(2)16(19)11-13/h4-11H,3H2,1-2H3,(H,20,21)/b15-10-. The molecular weight excluding hydrogens is 300 g/mol. The SMILES string of the molecule is CCOc1ccccc1/C=C(\C(=O)O)c1ccc(C)c(Cl)c1. The Hall–Kier alpha value is -2.26. The van der Waals surface area contributed by atoms with Crippen molar-refractivity contribution in [2.75, 3.05) is 6.61 Å². The van der Waals surface area contributed by atoms with Crippen LogP contribution in [0.25, 0.3) is 11.6 Å². The molecule has 0 aromatic heterocycles. The summed E-state index contributed by atoms with van der Waals surface area (Å²) >= 11 is 6.10. The first-order chi connectivity index (χ1) is 10.5. The lowest BCUT2D eigenvalue weighted by Gasteiger charge is -2.09. The summed E-state index contributed by atoms with van der Waals surface area (Å²) in [6.07, 6.45) is 1.61. The van der Waals surface area contributed by atoms with E-state index < -0.39 is 5.97 Å². The minimum absolute atomic E-state index is 0.175. The van der Waals surface area contributed by atoms with Crippen molar-refractivity contribution in [2.24, 2.45) is 0 Å². The zero-order valence-corrected chi connectivity index (χ0v) is 13.2. The number of rotatable bonds is 5. The third kappa shape index (κ3) is 3.68. The van der Waals surface area contributed by atoms with E-state index in [0.29, 0.717) is 22.9 Å². The third-order valence-electron chi connectivity index (χ3n) is 3.23. The predicted molar refractivity (Wildman–Crippen MR) is 89.3 cm³/mol. The highest BCUT2D eigenvalue weighted by atomic mass is 35.5. The van der Waals surface area contributed by atoms with Gasteiger partial charge in [0.2, 0.25) is 0 Å². The molecule has 0 amide bonds. The number of halogens is 1. The molecule has 22 heavy (non-hydrogen) atoms. The van der Waals surface area contributed by atoms with Gasteiger partial charge >= 0.3 is 5.97 Å². The zero-order chi connectivity index (χ0) is 16.1. The van der Waals surface area contributed by atoms with Crippen molar-refractivity contribution in [2.45, 2.75) is 13.8 Å². The van der Waals surface area contributed by atoms with E-state index in [1.807, 2.05) is 44.2 Å². The number of aliphatic carboxylic acids is 1. The zero-order valence-electron chi connectivity index (χ0n) is 12.5. The second-order valence-electron chi connectivity index (χ2n) is 4.80. The Morgan fingerprint density at radius 1 is 1.27 bits per heavy atom. The van der Waals surface area contributed by atoms with Gasteiger partial charge in [0.1, 0.15) is 5.75 Å². The van der Waals surface area contributed by atoms with Gasteiger partial charge in [-0.1, -0.05) is 41.9 Å². The molecule has 4 heteroatoms. The lowest BCUT2D eigenvalue weighted by molar-refractivity contribution is -0.130. The molecule has 1 N–H and O–H groups in total. The van der Waals surface area contributed by atoms with Crippen molar-refractivity contribution in [3.8, 4) is 5.75 Å². The minimum atomic E-state index is -1.01. The smallest absolute Gasteiger partial charge is 0.336 e. The molecule has 2 rings (SSSR count). The van der Waals surface area contributed by atoms with Crippen LogP contribution in [0.2, 0.25) is 5.02 Å². The van der Waals surface area contributed by atoms with E-state index in [1.54, 1.807) is 18.2 Å². The van der Waals surface area contributed by atoms with Crippen LogP contribution >= 0.6 is 11.6 Å². The van der Waals surface area contributed by atoms with E-state index in [2.05, 4.69) is 0 Å². The summed E-state index contributed by atoms with van der Waals surface area (Å²) in [6, 6.07) is 12.6. The molecule has 0 unspecified atom stereocenters. The van der Waals surface area contributed by atoms with Gasteiger partial charge in [-0.15, -0.1) is 0 Å². The molecule has 3 nitrogen and oxygen atoms in total. The number of carboxylic acid groups (broad SMARTS) is 1. The van der Waals surface area contributed by atoms with Gasteiger partial charge < -0.3 is 9.84 Å². The summed E-state index contributed by atoms with van der Waals surface area (Å²) in [5, 5.41) is 10.1. The van der Waals surface area contributed by atoms with Crippen molar-refractivity contribution < 1.29 is 14.6 Å². The molecule has 0 heterocycles.